The minimum atomic E-state index is -5.36. The topological polar surface area (TPSA) is 36.9 Å². The molecular weight excluding hydrogens is 674 g/mol. The van der Waals surface area contributed by atoms with Crippen molar-refractivity contribution in [2.45, 2.75) is 51.4 Å². The van der Waals surface area contributed by atoms with E-state index in [0.29, 0.717) is 37.5 Å². The van der Waals surface area contributed by atoms with Crippen molar-refractivity contribution >= 4 is 0 Å². The van der Waals surface area contributed by atoms with E-state index in [9.17, 15) is 35.1 Å². The highest BCUT2D eigenvalue weighted by Crippen LogP contribution is 2.39. The maximum atomic E-state index is 15.0. The highest BCUT2D eigenvalue weighted by molar-refractivity contribution is 5.72. The lowest BCUT2D eigenvalue weighted by Crippen LogP contribution is -2.28. The summed E-state index contributed by atoms with van der Waals surface area (Å²) in [6.45, 7) is 2.66. The normalized spacial score (nSPS) is 16.9. The van der Waals surface area contributed by atoms with Gasteiger partial charge in [0, 0.05) is 17.0 Å². The summed E-state index contributed by atoms with van der Waals surface area (Å²) in [7, 11) is 0. The zero-order chi connectivity index (χ0) is 35.5. The summed E-state index contributed by atoms with van der Waals surface area (Å²) in [6.07, 6.45) is -6.98. The van der Waals surface area contributed by atoms with E-state index in [2.05, 4.69) is 16.4 Å². The molecule has 0 spiro atoms. The van der Waals surface area contributed by atoms with Gasteiger partial charge in [-0.25, -0.2) is 22.0 Å². The van der Waals surface area contributed by atoms with Gasteiger partial charge in [-0.15, -0.1) is 13.2 Å². The summed E-state index contributed by atoms with van der Waals surface area (Å²) in [5.41, 5.74) is -2.08. The molecule has 4 aromatic carbocycles. The molecule has 0 radical (unpaired) electrons. The molecule has 0 bridgehead atoms. The average molecular weight is 703 g/mol. The maximum absolute atomic E-state index is 15.0. The minimum Gasteiger partial charge on any atom is -0.429 e. The van der Waals surface area contributed by atoms with Gasteiger partial charge in [-0.1, -0.05) is 50.5 Å². The smallest absolute Gasteiger partial charge is 0.429 e. The van der Waals surface area contributed by atoms with Gasteiger partial charge in [0.1, 0.15) is 28.8 Å². The molecule has 1 aliphatic rings. The largest absolute Gasteiger partial charge is 0.573 e. The predicted octanol–water partition coefficient (Wildman–Crippen LogP) is 11.0. The fourth-order valence-corrected chi connectivity index (χ4v) is 5.36. The van der Waals surface area contributed by atoms with Gasteiger partial charge in [-0.05, 0) is 65.6 Å². The molecule has 262 valence electrons. The Balaban J connectivity index is 1.27. The first-order valence-corrected chi connectivity index (χ1v) is 15.1. The molecule has 0 aliphatic carbocycles. The van der Waals surface area contributed by atoms with Gasteiger partial charge in [0.15, 0.2) is 17.9 Å². The number of alkyl halides is 5. The second kappa shape index (κ2) is 14.7. The molecule has 4 aromatic rings. The van der Waals surface area contributed by atoms with Crippen LogP contribution in [0.25, 0.3) is 22.3 Å². The van der Waals surface area contributed by atoms with Gasteiger partial charge in [0.05, 0.1) is 13.2 Å². The van der Waals surface area contributed by atoms with Crippen LogP contribution in [0.15, 0.2) is 66.7 Å². The molecule has 4 nitrogen and oxygen atoms in total. The molecule has 0 saturated carbocycles. The summed E-state index contributed by atoms with van der Waals surface area (Å²) >= 11 is 0. The Bertz CT molecular complexity index is 1720. The Labute approximate surface area is 274 Å². The van der Waals surface area contributed by atoms with Crippen LogP contribution in [0, 0.1) is 35.0 Å². The number of ether oxygens (including phenoxy) is 4. The van der Waals surface area contributed by atoms with Crippen molar-refractivity contribution in [2.75, 3.05) is 13.2 Å². The Morgan fingerprint density at radius 2 is 1.22 bits per heavy atom. The van der Waals surface area contributed by atoms with Crippen molar-refractivity contribution in [1.82, 2.24) is 0 Å². The Morgan fingerprint density at radius 1 is 0.653 bits per heavy atom. The molecule has 5 rings (SSSR count). The summed E-state index contributed by atoms with van der Waals surface area (Å²) in [6, 6.07) is 10.3. The predicted molar refractivity (Wildman–Crippen MR) is 157 cm³/mol. The van der Waals surface area contributed by atoms with Crippen LogP contribution in [-0.4, -0.2) is 19.6 Å². The highest BCUT2D eigenvalue weighted by atomic mass is 19.4. The third kappa shape index (κ3) is 8.66. The lowest BCUT2D eigenvalue weighted by Gasteiger charge is -2.30. The molecular formula is C35H28F10O4. The van der Waals surface area contributed by atoms with Crippen LogP contribution in [0.5, 0.6) is 11.5 Å². The van der Waals surface area contributed by atoms with E-state index in [4.69, 9.17) is 9.47 Å². The van der Waals surface area contributed by atoms with Crippen molar-refractivity contribution in [3.05, 3.63) is 107 Å². The first-order chi connectivity index (χ1) is 23.1. The third-order valence-corrected chi connectivity index (χ3v) is 7.74. The first-order valence-electron chi connectivity index (χ1n) is 15.1. The van der Waals surface area contributed by atoms with Crippen molar-refractivity contribution in [2.24, 2.45) is 5.92 Å². The van der Waals surface area contributed by atoms with Crippen LogP contribution in [0.1, 0.15) is 50.0 Å². The first kappa shape index (κ1) is 36.0. The molecule has 0 amide bonds. The Hall–Kier alpha value is -4.30. The van der Waals surface area contributed by atoms with Gasteiger partial charge in [0.25, 0.3) is 0 Å². The number of halogens is 10. The van der Waals surface area contributed by atoms with E-state index in [1.807, 2.05) is 0 Å². The number of unbranched alkanes of at least 4 members (excludes halogenated alkanes) is 2. The van der Waals surface area contributed by atoms with Gasteiger partial charge in [0.2, 0.25) is 5.75 Å². The van der Waals surface area contributed by atoms with E-state index in [-0.39, 0.29) is 28.2 Å². The van der Waals surface area contributed by atoms with E-state index >= 15 is 8.78 Å². The van der Waals surface area contributed by atoms with Crippen LogP contribution in [0.4, 0.5) is 43.9 Å². The minimum absolute atomic E-state index is 0.105. The third-order valence-electron chi connectivity index (χ3n) is 7.74. The Kier molecular flexibility index (Phi) is 10.8. The lowest BCUT2D eigenvalue weighted by molar-refractivity contribution is -0.276. The van der Waals surface area contributed by atoms with Crippen LogP contribution in [0.3, 0.4) is 0 Å². The van der Waals surface area contributed by atoms with E-state index in [1.165, 1.54) is 18.2 Å². The van der Waals surface area contributed by atoms with Crippen LogP contribution < -0.4 is 9.47 Å². The highest BCUT2D eigenvalue weighted by Gasteiger charge is 2.42. The van der Waals surface area contributed by atoms with Crippen molar-refractivity contribution < 1.29 is 62.9 Å². The zero-order valence-electron chi connectivity index (χ0n) is 25.7. The quantitative estimate of drug-likeness (QED) is 0.115. The number of rotatable bonds is 11. The fourth-order valence-electron chi connectivity index (χ4n) is 5.36. The molecule has 0 unspecified atom stereocenters. The second-order valence-electron chi connectivity index (χ2n) is 11.4. The van der Waals surface area contributed by atoms with Gasteiger partial charge < -0.3 is 18.9 Å². The average Bonchev–Trinajstić information content (AvgIpc) is 3.02. The standard InChI is InChI=1S/C35H28F10O4/c1-2-3-4-5-19-17-46-33(47-18-19)23-15-27(37)31(28(38)16-23)34(41,42)48-24-9-6-20(7-10-24)21-8-11-25(26(36)12-21)22-13-29(39)32(30(40)14-22)49-35(43,44)45/h6-16,19,33H,2-5,17-18H2,1H3. The lowest BCUT2D eigenvalue weighted by atomic mass is 9.99. The molecule has 1 heterocycles. The van der Waals surface area contributed by atoms with Crippen molar-refractivity contribution in [3.8, 4) is 33.8 Å². The van der Waals surface area contributed by atoms with Crippen LogP contribution >= 0.6 is 0 Å². The molecule has 0 atom stereocenters. The number of benzene rings is 4. The van der Waals surface area contributed by atoms with Crippen LogP contribution in [-0.2, 0) is 15.6 Å². The molecule has 14 heteroatoms. The second-order valence-corrected chi connectivity index (χ2v) is 11.4. The monoisotopic (exact) mass is 702 g/mol. The van der Waals surface area contributed by atoms with E-state index < -0.39 is 70.5 Å². The number of hydrogen-bond donors (Lipinski definition) is 0. The molecule has 1 aliphatic heterocycles. The summed E-state index contributed by atoms with van der Waals surface area (Å²) in [4.78, 5) is 0. The molecule has 49 heavy (non-hydrogen) atoms. The summed E-state index contributed by atoms with van der Waals surface area (Å²) in [5.74, 6) is -9.66. The van der Waals surface area contributed by atoms with Gasteiger partial charge >= 0.3 is 12.5 Å². The van der Waals surface area contributed by atoms with E-state index in [1.54, 1.807) is 0 Å². The van der Waals surface area contributed by atoms with Crippen molar-refractivity contribution in [1.29, 1.82) is 0 Å². The van der Waals surface area contributed by atoms with Gasteiger partial charge in [-0.2, -0.15) is 8.78 Å². The summed E-state index contributed by atoms with van der Waals surface area (Å²) < 4.78 is 160. The SMILES string of the molecule is CCCCCC1COC(c2cc(F)c(C(F)(F)Oc3ccc(-c4ccc(-c5cc(F)c(OC(F)(F)F)c(F)c5)c(F)c4)cc3)c(F)c2)OC1. The fraction of sp³-hybridized carbons (Fsp3) is 0.314. The summed E-state index contributed by atoms with van der Waals surface area (Å²) in [5, 5.41) is 0. The van der Waals surface area contributed by atoms with Crippen molar-refractivity contribution in [3.63, 3.8) is 0 Å². The van der Waals surface area contributed by atoms with E-state index in [0.717, 1.165) is 49.9 Å². The van der Waals surface area contributed by atoms with Gasteiger partial charge in [-0.3, -0.25) is 0 Å². The molecule has 0 aromatic heterocycles. The molecule has 1 saturated heterocycles. The maximum Gasteiger partial charge on any atom is 0.573 e. The Morgan fingerprint density at radius 3 is 1.78 bits per heavy atom. The molecule has 0 N–H and O–H groups in total. The van der Waals surface area contributed by atoms with Crippen LogP contribution in [0.2, 0.25) is 0 Å². The molecule has 1 fully saturated rings. The zero-order valence-corrected chi connectivity index (χ0v) is 25.7. The number of hydrogen-bond acceptors (Lipinski definition) is 4.